The SMILES string of the molecule is O=C(CC(Cc1ccc2[nH]ncc2c1)C(=O)N1CCN(c2ccncc2)CC1)N1CCC(N2CCc3ccccc3NC2=O)CC1. The van der Waals surface area contributed by atoms with Gasteiger partial charge >= 0.3 is 6.03 Å². The van der Waals surface area contributed by atoms with Crippen LogP contribution < -0.4 is 10.2 Å². The van der Waals surface area contributed by atoms with Crippen molar-refractivity contribution in [3.8, 4) is 0 Å². The van der Waals surface area contributed by atoms with Crippen LogP contribution in [0.3, 0.4) is 0 Å². The standard InChI is InChI=1S/C35H40N8O3/c44-33(41-14-10-30(11-15-41)43-16-9-26-3-1-2-4-31(26)38-35(43)46)23-27(21-25-5-6-32-28(22-25)24-37-39-32)34(45)42-19-17-40(18-20-42)29-7-12-36-13-8-29/h1-8,12-13,22,24,27,30H,9-11,14-21,23H2,(H,37,39)(H,38,46). The predicted molar refractivity (Wildman–Crippen MR) is 176 cm³/mol. The van der Waals surface area contributed by atoms with Gasteiger partial charge in [-0.05, 0) is 67.1 Å². The summed E-state index contributed by atoms with van der Waals surface area (Å²) in [5.74, 6) is -0.424. The molecule has 46 heavy (non-hydrogen) atoms. The quantitative estimate of drug-likeness (QED) is 0.323. The third kappa shape index (κ3) is 6.40. The van der Waals surface area contributed by atoms with Crippen molar-refractivity contribution < 1.29 is 14.4 Å². The van der Waals surface area contributed by atoms with E-state index in [9.17, 15) is 14.4 Å². The molecule has 4 aromatic rings. The minimum absolute atomic E-state index is 0.00401. The highest BCUT2D eigenvalue weighted by Crippen LogP contribution is 2.27. The molecule has 2 saturated heterocycles. The van der Waals surface area contributed by atoms with Crippen LogP contribution in [0.4, 0.5) is 16.2 Å². The number of carbonyl (C=O) groups excluding carboxylic acids is 3. The van der Waals surface area contributed by atoms with E-state index in [1.165, 1.54) is 0 Å². The van der Waals surface area contributed by atoms with Gasteiger partial charge in [-0.25, -0.2) is 4.79 Å². The van der Waals surface area contributed by atoms with Crippen molar-refractivity contribution in [2.45, 2.75) is 38.1 Å². The van der Waals surface area contributed by atoms with Crippen molar-refractivity contribution in [3.05, 3.63) is 84.3 Å². The van der Waals surface area contributed by atoms with Gasteiger partial charge in [0.2, 0.25) is 11.8 Å². The lowest BCUT2D eigenvalue weighted by Crippen LogP contribution is -2.52. The van der Waals surface area contributed by atoms with Crippen LogP contribution in [-0.4, -0.2) is 99.6 Å². The fourth-order valence-corrected chi connectivity index (χ4v) is 7.15. The van der Waals surface area contributed by atoms with Crippen LogP contribution in [0.15, 0.2) is 73.2 Å². The molecule has 3 aliphatic heterocycles. The lowest BCUT2D eigenvalue weighted by molar-refractivity contribution is -0.142. The van der Waals surface area contributed by atoms with E-state index in [4.69, 9.17) is 0 Å². The molecule has 2 aromatic heterocycles. The van der Waals surface area contributed by atoms with Crippen LogP contribution in [0.1, 0.15) is 30.4 Å². The lowest BCUT2D eigenvalue weighted by atomic mass is 9.92. The number of amides is 4. The molecule has 0 bridgehead atoms. The normalized spacial score (nSPS) is 18.2. The van der Waals surface area contributed by atoms with Crippen LogP contribution in [0.5, 0.6) is 0 Å². The summed E-state index contributed by atoms with van der Waals surface area (Å²) in [5, 5.41) is 11.2. The summed E-state index contributed by atoms with van der Waals surface area (Å²) in [4.78, 5) is 53.1. The zero-order chi connectivity index (χ0) is 31.5. The number of likely N-dealkylation sites (tertiary alicyclic amines) is 1. The van der Waals surface area contributed by atoms with Gasteiger partial charge in [0.05, 0.1) is 17.6 Å². The number of rotatable bonds is 7. The van der Waals surface area contributed by atoms with Gasteiger partial charge in [0, 0.05) is 87.4 Å². The van der Waals surface area contributed by atoms with Crippen molar-refractivity contribution >= 4 is 40.1 Å². The Morgan fingerprint density at radius 2 is 1.67 bits per heavy atom. The summed E-state index contributed by atoms with van der Waals surface area (Å²) in [6, 6.07) is 18.0. The van der Waals surface area contributed by atoms with Gasteiger partial charge in [-0.2, -0.15) is 5.10 Å². The van der Waals surface area contributed by atoms with Crippen molar-refractivity contribution in [1.29, 1.82) is 0 Å². The number of hydrogen-bond donors (Lipinski definition) is 2. The number of urea groups is 1. The van der Waals surface area contributed by atoms with Gasteiger partial charge in [0.25, 0.3) is 0 Å². The Balaban J connectivity index is 0.999. The van der Waals surface area contributed by atoms with Gasteiger partial charge in [-0.3, -0.25) is 19.7 Å². The van der Waals surface area contributed by atoms with Gasteiger partial charge in [0.15, 0.2) is 0 Å². The van der Waals surface area contributed by atoms with Crippen LogP contribution in [0.25, 0.3) is 10.9 Å². The second-order valence-corrected chi connectivity index (χ2v) is 12.6. The van der Waals surface area contributed by atoms with Crippen LogP contribution in [0.2, 0.25) is 0 Å². The van der Waals surface area contributed by atoms with E-state index in [1.54, 1.807) is 18.6 Å². The number of carbonyl (C=O) groups is 3. The zero-order valence-electron chi connectivity index (χ0n) is 26.0. The van der Waals surface area contributed by atoms with Gasteiger partial charge < -0.3 is 24.9 Å². The number of benzene rings is 2. The van der Waals surface area contributed by atoms with E-state index in [-0.39, 0.29) is 30.3 Å². The van der Waals surface area contributed by atoms with Crippen LogP contribution >= 0.6 is 0 Å². The summed E-state index contributed by atoms with van der Waals surface area (Å²) in [7, 11) is 0. The number of piperidine rings is 1. The molecule has 0 saturated carbocycles. The molecule has 5 heterocycles. The molecular weight excluding hydrogens is 580 g/mol. The Labute approximate surface area is 268 Å². The minimum Gasteiger partial charge on any atom is -0.368 e. The van der Waals surface area contributed by atoms with Gasteiger partial charge in [-0.1, -0.05) is 24.3 Å². The average molecular weight is 621 g/mol. The lowest BCUT2D eigenvalue weighted by Gasteiger charge is -2.39. The number of H-pyrrole nitrogens is 1. The summed E-state index contributed by atoms with van der Waals surface area (Å²) in [5.41, 5.74) is 5.09. The summed E-state index contributed by atoms with van der Waals surface area (Å²) in [6.45, 7) is 4.51. The molecule has 11 nitrogen and oxygen atoms in total. The van der Waals surface area contributed by atoms with E-state index in [2.05, 4.69) is 37.5 Å². The minimum atomic E-state index is -0.461. The molecule has 0 aliphatic carbocycles. The highest BCUT2D eigenvalue weighted by atomic mass is 16.2. The molecule has 2 N–H and O–H groups in total. The Morgan fingerprint density at radius 3 is 2.48 bits per heavy atom. The van der Waals surface area contributed by atoms with Crippen molar-refractivity contribution in [2.24, 2.45) is 5.92 Å². The monoisotopic (exact) mass is 620 g/mol. The largest absolute Gasteiger partial charge is 0.368 e. The number of para-hydroxylation sites is 1. The third-order valence-corrected chi connectivity index (χ3v) is 9.78. The summed E-state index contributed by atoms with van der Waals surface area (Å²) < 4.78 is 0. The van der Waals surface area contributed by atoms with Crippen molar-refractivity contribution in [3.63, 3.8) is 0 Å². The Bertz CT molecular complexity index is 1690. The van der Waals surface area contributed by atoms with Crippen LogP contribution in [0, 0.1) is 5.92 Å². The topological polar surface area (TPSA) is 118 Å². The Morgan fingerprint density at radius 1 is 0.891 bits per heavy atom. The molecule has 0 spiro atoms. The number of hydrogen-bond acceptors (Lipinski definition) is 6. The molecule has 1 unspecified atom stereocenters. The second kappa shape index (κ2) is 13.2. The number of piperazine rings is 1. The number of aromatic amines is 1. The van der Waals surface area contributed by atoms with Crippen molar-refractivity contribution in [2.75, 3.05) is 56.0 Å². The highest BCUT2D eigenvalue weighted by Gasteiger charge is 2.34. The summed E-state index contributed by atoms with van der Waals surface area (Å²) >= 11 is 0. The molecule has 1 atom stereocenters. The average Bonchev–Trinajstić information content (AvgIpc) is 3.50. The maximum atomic E-state index is 14.1. The number of anilines is 2. The first kappa shape index (κ1) is 29.8. The first-order chi connectivity index (χ1) is 22.5. The number of fused-ring (bicyclic) bond motifs is 2. The van der Waals surface area contributed by atoms with E-state index < -0.39 is 5.92 Å². The fraction of sp³-hybridized carbons (Fsp3) is 0.400. The van der Waals surface area contributed by atoms with Crippen molar-refractivity contribution in [1.82, 2.24) is 29.9 Å². The smallest absolute Gasteiger partial charge is 0.322 e. The predicted octanol–water partition coefficient (Wildman–Crippen LogP) is 3.94. The first-order valence-electron chi connectivity index (χ1n) is 16.3. The molecule has 11 heteroatoms. The Kier molecular flexibility index (Phi) is 8.54. The van der Waals surface area contributed by atoms with E-state index >= 15 is 0 Å². The molecule has 4 amide bonds. The van der Waals surface area contributed by atoms with Crippen LogP contribution in [-0.2, 0) is 22.4 Å². The molecule has 3 aliphatic rings. The third-order valence-electron chi connectivity index (χ3n) is 9.78. The number of aromatic nitrogens is 3. The van der Waals surface area contributed by atoms with Gasteiger partial charge in [-0.15, -0.1) is 0 Å². The molecule has 2 aromatic carbocycles. The van der Waals surface area contributed by atoms with E-state index in [1.807, 2.05) is 57.2 Å². The summed E-state index contributed by atoms with van der Waals surface area (Å²) in [6.07, 6.45) is 8.26. The highest BCUT2D eigenvalue weighted by molar-refractivity contribution is 5.91. The molecule has 238 valence electrons. The van der Waals surface area contributed by atoms with E-state index in [0.29, 0.717) is 39.1 Å². The molecule has 7 rings (SSSR count). The number of pyridine rings is 1. The Hall–Kier alpha value is -4.93. The molecule has 2 fully saturated rings. The first-order valence-corrected chi connectivity index (χ1v) is 16.3. The van der Waals surface area contributed by atoms with E-state index in [0.717, 1.165) is 65.8 Å². The number of nitrogens with one attached hydrogen (secondary N) is 2. The second-order valence-electron chi connectivity index (χ2n) is 12.6. The fourth-order valence-electron chi connectivity index (χ4n) is 7.15. The maximum Gasteiger partial charge on any atom is 0.322 e. The number of nitrogens with zero attached hydrogens (tertiary/aromatic N) is 6. The maximum absolute atomic E-state index is 14.1. The molecule has 0 radical (unpaired) electrons. The molecular formula is C35H40N8O3. The zero-order valence-corrected chi connectivity index (χ0v) is 26.0. The van der Waals surface area contributed by atoms with Gasteiger partial charge in [0.1, 0.15) is 0 Å².